The summed E-state index contributed by atoms with van der Waals surface area (Å²) >= 11 is 0. The summed E-state index contributed by atoms with van der Waals surface area (Å²) in [6.45, 7) is 1.60. The lowest BCUT2D eigenvalue weighted by molar-refractivity contribution is -0.137. The Balaban J connectivity index is 2.35. The van der Waals surface area contributed by atoms with E-state index in [0.29, 0.717) is 5.56 Å². The summed E-state index contributed by atoms with van der Waals surface area (Å²) in [5.41, 5.74) is 4.44. The lowest BCUT2D eigenvalue weighted by atomic mass is 10.1. The first-order chi connectivity index (χ1) is 9.27. The molecular weight excluding hydrogens is 274 g/mol. The fraction of sp³-hybridized carbons (Fsp3) is 0.143. The molecule has 0 saturated carbocycles. The van der Waals surface area contributed by atoms with E-state index in [4.69, 9.17) is 10.5 Å². The van der Waals surface area contributed by atoms with Gasteiger partial charge in [0.05, 0.1) is 5.56 Å². The Labute approximate surface area is 112 Å². The predicted molar refractivity (Wildman–Crippen MR) is 67.1 cm³/mol. The van der Waals surface area contributed by atoms with Crippen molar-refractivity contribution >= 4 is 5.69 Å². The lowest BCUT2D eigenvalue weighted by Crippen LogP contribution is -2.08. The van der Waals surface area contributed by atoms with Crippen molar-refractivity contribution in [3.05, 3.63) is 53.3 Å². The van der Waals surface area contributed by atoms with Crippen LogP contribution in [0.2, 0.25) is 0 Å². The smallest absolute Gasteiger partial charge is 0.418 e. The highest BCUT2D eigenvalue weighted by Crippen LogP contribution is 2.37. The average molecular weight is 285 g/mol. The second-order valence-corrected chi connectivity index (χ2v) is 4.26. The molecule has 6 heteroatoms. The highest BCUT2D eigenvalue weighted by atomic mass is 19.4. The van der Waals surface area contributed by atoms with Gasteiger partial charge in [-0.1, -0.05) is 0 Å². The highest BCUT2D eigenvalue weighted by molar-refractivity contribution is 5.53. The number of ether oxygens (including phenoxy) is 1. The van der Waals surface area contributed by atoms with Crippen LogP contribution in [0.4, 0.5) is 23.2 Å². The number of alkyl halides is 3. The van der Waals surface area contributed by atoms with Gasteiger partial charge in [-0.25, -0.2) is 4.39 Å². The molecule has 2 aromatic carbocycles. The average Bonchev–Trinajstić information content (AvgIpc) is 2.33. The number of hydrogen-bond acceptors (Lipinski definition) is 2. The minimum Gasteiger partial charge on any atom is -0.457 e. The Morgan fingerprint density at radius 1 is 1.05 bits per heavy atom. The fourth-order valence-electron chi connectivity index (χ4n) is 1.70. The number of benzene rings is 2. The van der Waals surface area contributed by atoms with Gasteiger partial charge in [0.1, 0.15) is 17.3 Å². The Hall–Kier alpha value is -2.24. The van der Waals surface area contributed by atoms with Crippen LogP contribution < -0.4 is 10.5 Å². The van der Waals surface area contributed by atoms with Gasteiger partial charge in [-0.2, -0.15) is 13.2 Å². The molecule has 0 atom stereocenters. The number of nitrogens with two attached hydrogens (primary N) is 1. The molecular formula is C14H11F4NO. The molecule has 2 nitrogen and oxygen atoms in total. The van der Waals surface area contributed by atoms with Crippen molar-refractivity contribution in [2.45, 2.75) is 13.1 Å². The first kappa shape index (κ1) is 14.2. The Morgan fingerprint density at radius 3 is 2.35 bits per heavy atom. The Kier molecular flexibility index (Phi) is 3.57. The number of anilines is 1. The fourth-order valence-corrected chi connectivity index (χ4v) is 1.70. The Morgan fingerprint density at radius 2 is 1.75 bits per heavy atom. The molecule has 0 aliphatic heterocycles. The molecule has 2 N–H and O–H groups in total. The molecule has 0 saturated heterocycles. The zero-order valence-corrected chi connectivity index (χ0v) is 10.5. The summed E-state index contributed by atoms with van der Waals surface area (Å²) in [5.74, 6) is -0.173. The van der Waals surface area contributed by atoms with Gasteiger partial charge >= 0.3 is 6.18 Å². The molecule has 2 rings (SSSR count). The maximum Gasteiger partial charge on any atom is 0.418 e. The molecule has 20 heavy (non-hydrogen) atoms. The lowest BCUT2D eigenvalue weighted by Gasteiger charge is -2.13. The van der Waals surface area contributed by atoms with Crippen LogP contribution in [0.5, 0.6) is 11.5 Å². The highest BCUT2D eigenvalue weighted by Gasteiger charge is 2.33. The summed E-state index contributed by atoms with van der Waals surface area (Å²) < 4.78 is 56.4. The van der Waals surface area contributed by atoms with Crippen LogP contribution in [0.3, 0.4) is 0 Å². The summed E-state index contributed by atoms with van der Waals surface area (Å²) in [6.07, 6.45) is -4.55. The van der Waals surface area contributed by atoms with Crippen LogP contribution in [-0.2, 0) is 6.18 Å². The SMILES string of the molecule is Cc1cc(F)ccc1Oc1ccc(N)c(C(F)(F)F)c1. The van der Waals surface area contributed by atoms with Crippen molar-refractivity contribution in [3.8, 4) is 11.5 Å². The third-order valence-corrected chi connectivity index (χ3v) is 2.69. The molecule has 0 aliphatic rings. The standard InChI is InChI=1S/C14H11F4NO/c1-8-6-9(15)2-5-13(8)20-10-3-4-12(19)11(7-10)14(16,17)18/h2-7H,19H2,1H3. The molecule has 0 spiro atoms. The minimum absolute atomic E-state index is 0.0127. The third-order valence-electron chi connectivity index (χ3n) is 2.69. The summed E-state index contributed by atoms with van der Waals surface area (Å²) in [5, 5.41) is 0. The van der Waals surface area contributed by atoms with Gasteiger partial charge in [-0.05, 0) is 48.9 Å². The first-order valence-corrected chi connectivity index (χ1v) is 5.68. The molecule has 0 fully saturated rings. The van der Waals surface area contributed by atoms with Crippen molar-refractivity contribution in [2.24, 2.45) is 0 Å². The van der Waals surface area contributed by atoms with Crippen LogP contribution >= 0.6 is 0 Å². The monoisotopic (exact) mass is 285 g/mol. The first-order valence-electron chi connectivity index (χ1n) is 5.68. The Bertz CT molecular complexity index is 638. The zero-order chi connectivity index (χ0) is 14.9. The maximum absolute atomic E-state index is 12.9. The van der Waals surface area contributed by atoms with Crippen LogP contribution in [0.25, 0.3) is 0 Å². The van der Waals surface area contributed by atoms with E-state index in [1.165, 1.54) is 24.3 Å². The van der Waals surface area contributed by atoms with Gasteiger partial charge in [0.25, 0.3) is 0 Å². The van der Waals surface area contributed by atoms with Crippen LogP contribution in [0.15, 0.2) is 36.4 Å². The van der Waals surface area contributed by atoms with E-state index in [0.717, 1.165) is 12.1 Å². The van der Waals surface area contributed by atoms with E-state index in [1.54, 1.807) is 6.92 Å². The molecule has 0 aromatic heterocycles. The predicted octanol–water partition coefficient (Wildman–Crippen LogP) is 4.53. The number of nitrogen functional groups attached to an aromatic ring is 1. The molecule has 0 unspecified atom stereocenters. The van der Waals surface area contributed by atoms with Gasteiger partial charge in [0.15, 0.2) is 0 Å². The van der Waals surface area contributed by atoms with E-state index >= 15 is 0 Å². The molecule has 106 valence electrons. The largest absolute Gasteiger partial charge is 0.457 e. The van der Waals surface area contributed by atoms with E-state index in [9.17, 15) is 17.6 Å². The molecule has 0 bridgehead atoms. The summed E-state index contributed by atoms with van der Waals surface area (Å²) in [6, 6.07) is 7.03. The summed E-state index contributed by atoms with van der Waals surface area (Å²) in [4.78, 5) is 0. The van der Waals surface area contributed by atoms with E-state index in [-0.39, 0.29) is 17.2 Å². The van der Waals surface area contributed by atoms with Crippen molar-refractivity contribution < 1.29 is 22.3 Å². The summed E-state index contributed by atoms with van der Waals surface area (Å²) in [7, 11) is 0. The van der Waals surface area contributed by atoms with Crippen LogP contribution in [0.1, 0.15) is 11.1 Å². The third kappa shape index (κ3) is 3.01. The number of rotatable bonds is 2. The number of halogens is 4. The van der Waals surface area contributed by atoms with Crippen molar-refractivity contribution in [1.29, 1.82) is 0 Å². The van der Waals surface area contributed by atoms with Gasteiger partial charge in [-0.15, -0.1) is 0 Å². The van der Waals surface area contributed by atoms with Gasteiger partial charge in [0.2, 0.25) is 0 Å². The minimum atomic E-state index is -4.55. The van der Waals surface area contributed by atoms with Gasteiger partial charge in [-0.3, -0.25) is 0 Å². The molecule has 0 aliphatic carbocycles. The second kappa shape index (κ2) is 5.03. The van der Waals surface area contributed by atoms with Crippen molar-refractivity contribution in [1.82, 2.24) is 0 Å². The molecule has 0 radical (unpaired) electrons. The van der Waals surface area contributed by atoms with Gasteiger partial charge < -0.3 is 10.5 Å². The van der Waals surface area contributed by atoms with Gasteiger partial charge in [0, 0.05) is 5.69 Å². The second-order valence-electron chi connectivity index (χ2n) is 4.26. The normalized spacial score (nSPS) is 11.4. The number of aryl methyl sites for hydroxylation is 1. The molecule has 0 amide bonds. The number of hydrogen-bond donors (Lipinski definition) is 1. The topological polar surface area (TPSA) is 35.2 Å². The van der Waals surface area contributed by atoms with E-state index in [2.05, 4.69) is 0 Å². The van der Waals surface area contributed by atoms with Crippen LogP contribution in [0, 0.1) is 12.7 Å². The quantitative estimate of drug-likeness (QED) is 0.650. The van der Waals surface area contributed by atoms with Crippen LogP contribution in [-0.4, -0.2) is 0 Å². The zero-order valence-electron chi connectivity index (χ0n) is 10.5. The molecule has 0 heterocycles. The van der Waals surface area contributed by atoms with Crippen molar-refractivity contribution in [2.75, 3.05) is 5.73 Å². The van der Waals surface area contributed by atoms with Crippen molar-refractivity contribution in [3.63, 3.8) is 0 Å². The maximum atomic E-state index is 12.9. The molecule has 2 aromatic rings. The van der Waals surface area contributed by atoms with E-state index < -0.39 is 17.6 Å². The van der Waals surface area contributed by atoms with E-state index in [1.807, 2.05) is 0 Å².